The predicted molar refractivity (Wildman–Crippen MR) is 127 cm³/mol. The third-order valence-corrected chi connectivity index (χ3v) is 6.87. The minimum Gasteiger partial charge on any atom is -0.454 e. The van der Waals surface area contributed by atoms with Crippen molar-refractivity contribution in [3.05, 3.63) is 54.1 Å². The van der Waals surface area contributed by atoms with Gasteiger partial charge in [-0.25, -0.2) is 0 Å². The largest absolute Gasteiger partial charge is 0.454 e. The lowest BCUT2D eigenvalue weighted by molar-refractivity contribution is -0.120. The second kappa shape index (κ2) is 9.74. The SMILES string of the molecule is C[C@@H](Sc1nnc(N2CCCCC2)n1-c1ccccc1)C(=O)NCc1ccc2c(c1)OCO2. The molecule has 1 aromatic heterocycles. The Hall–Kier alpha value is -3.20. The normalized spacial score (nSPS) is 16.0. The van der Waals surface area contributed by atoms with Crippen molar-refractivity contribution < 1.29 is 14.3 Å². The first-order valence-electron chi connectivity index (χ1n) is 11.3. The highest BCUT2D eigenvalue weighted by Crippen LogP contribution is 2.33. The fraction of sp³-hybridized carbons (Fsp3) is 0.375. The van der Waals surface area contributed by atoms with Crippen molar-refractivity contribution in [1.29, 1.82) is 0 Å². The monoisotopic (exact) mass is 465 g/mol. The Morgan fingerprint density at radius 1 is 1.06 bits per heavy atom. The molecule has 1 atom stereocenters. The number of nitrogens with one attached hydrogen (secondary N) is 1. The number of nitrogens with zero attached hydrogens (tertiary/aromatic N) is 4. The van der Waals surface area contributed by atoms with Crippen LogP contribution in [0.15, 0.2) is 53.7 Å². The van der Waals surface area contributed by atoms with E-state index in [1.165, 1.54) is 18.2 Å². The van der Waals surface area contributed by atoms with Crippen molar-refractivity contribution in [2.24, 2.45) is 0 Å². The summed E-state index contributed by atoms with van der Waals surface area (Å²) in [6.07, 6.45) is 3.56. The quantitative estimate of drug-likeness (QED) is 0.532. The number of hydrogen-bond donors (Lipinski definition) is 1. The molecule has 2 aromatic carbocycles. The number of thioether (sulfide) groups is 1. The average molecular weight is 466 g/mol. The zero-order valence-electron chi connectivity index (χ0n) is 18.6. The number of carbonyl (C=O) groups is 1. The van der Waals surface area contributed by atoms with Crippen LogP contribution in [-0.2, 0) is 11.3 Å². The van der Waals surface area contributed by atoms with Gasteiger partial charge in [0.05, 0.1) is 10.9 Å². The Kier molecular flexibility index (Phi) is 6.39. The minimum atomic E-state index is -0.333. The molecule has 3 heterocycles. The second-order valence-electron chi connectivity index (χ2n) is 8.17. The summed E-state index contributed by atoms with van der Waals surface area (Å²) in [6, 6.07) is 15.8. The molecule has 5 rings (SSSR count). The van der Waals surface area contributed by atoms with Gasteiger partial charge in [-0.05, 0) is 56.0 Å². The van der Waals surface area contributed by atoms with E-state index in [4.69, 9.17) is 9.47 Å². The Labute approximate surface area is 197 Å². The van der Waals surface area contributed by atoms with Crippen LogP contribution in [0, 0.1) is 0 Å². The fourth-order valence-corrected chi connectivity index (χ4v) is 4.92. The summed E-state index contributed by atoms with van der Waals surface area (Å²) in [5, 5.41) is 12.4. The van der Waals surface area contributed by atoms with E-state index >= 15 is 0 Å². The molecule has 0 bridgehead atoms. The van der Waals surface area contributed by atoms with Gasteiger partial charge >= 0.3 is 0 Å². The molecule has 0 spiro atoms. The van der Waals surface area contributed by atoms with E-state index in [1.807, 2.05) is 55.5 Å². The van der Waals surface area contributed by atoms with Gasteiger partial charge in [0.2, 0.25) is 18.6 Å². The van der Waals surface area contributed by atoms with Gasteiger partial charge in [-0.2, -0.15) is 0 Å². The van der Waals surface area contributed by atoms with Crippen LogP contribution in [0.5, 0.6) is 11.5 Å². The standard InChI is InChI=1S/C24H27N5O3S/c1-17(22(30)25-15-18-10-11-20-21(14-18)32-16-31-20)33-24-27-26-23(28-12-6-3-7-13-28)29(24)19-8-4-2-5-9-19/h2,4-5,8-11,14,17H,3,6-7,12-13,15-16H2,1H3,(H,25,30)/t17-/m1/s1. The number of para-hydroxylation sites is 1. The van der Waals surface area contributed by atoms with Crippen molar-refractivity contribution in [3.63, 3.8) is 0 Å². The van der Waals surface area contributed by atoms with E-state index in [0.717, 1.165) is 48.9 Å². The maximum atomic E-state index is 12.9. The van der Waals surface area contributed by atoms with Gasteiger partial charge in [0, 0.05) is 19.6 Å². The van der Waals surface area contributed by atoms with E-state index in [2.05, 4.69) is 25.0 Å². The number of fused-ring (bicyclic) bond motifs is 1. The zero-order valence-corrected chi connectivity index (χ0v) is 19.4. The molecule has 2 aliphatic heterocycles. The van der Waals surface area contributed by atoms with Gasteiger partial charge in [0.25, 0.3) is 0 Å². The molecule has 0 unspecified atom stereocenters. The van der Waals surface area contributed by atoms with Crippen LogP contribution in [0.3, 0.4) is 0 Å². The lowest BCUT2D eigenvalue weighted by Gasteiger charge is -2.28. The number of piperidine rings is 1. The Bertz CT molecular complexity index is 1110. The van der Waals surface area contributed by atoms with E-state index in [-0.39, 0.29) is 18.0 Å². The number of rotatable bonds is 7. The highest BCUT2D eigenvalue weighted by Gasteiger charge is 2.24. The molecule has 2 aliphatic rings. The summed E-state index contributed by atoms with van der Waals surface area (Å²) in [5.41, 5.74) is 1.96. The molecule has 172 valence electrons. The minimum absolute atomic E-state index is 0.0557. The van der Waals surface area contributed by atoms with Gasteiger partial charge < -0.3 is 19.7 Å². The first-order valence-corrected chi connectivity index (χ1v) is 12.2. The molecule has 33 heavy (non-hydrogen) atoms. The van der Waals surface area contributed by atoms with Crippen LogP contribution in [0.25, 0.3) is 5.69 Å². The third kappa shape index (κ3) is 4.78. The van der Waals surface area contributed by atoms with Gasteiger partial charge in [-0.3, -0.25) is 9.36 Å². The first kappa shape index (κ1) is 21.6. The summed E-state index contributed by atoms with van der Waals surface area (Å²) >= 11 is 1.42. The number of carbonyl (C=O) groups excluding carboxylic acids is 1. The topological polar surface area (TPSA) is 81.5 Å². The van der Waals surface area contributed by atoms with Gasteiger partial charge in [0.15, 0.2) is 16.7 Å². The van der Waals surface area contributed by atoms with Crippen LogP contribution in [-0.4, -0.2) is 45.8 Å². The summed E-state index contributed by atoms with van der Waals surface area (Å²) in [4.78, 5) is 15.1. The van der Waals surface area contributed by atoms with Crippen molar-refractivity contribution in [1.82, 2.24) is 20.1 Å². The molecule has 1 saturated heterocycles. The predicted octanol–water partition coefficient (Wildman–Crippen LogP) is 3.78. The maximum absolute atomic E-state index is 12.9. The first-order chi connectivity index (χ1) is 16.2. The number of benzene rings is 2. The summed E-state index contributed by atoms with van der Waals surface area (Å²) in [6.45, 7) is 4.50. The Morgan fingerprint density at radius 2 is 1.85 bits per heavy atom. The number of hydrogen-bond acceptors (Lipinski definition) is 7. The lowest BCUT2D eigenvalue weighted by atomic mass is 10.1. The molecule has 0 radical (unpaired) electrons. The number of aromatic nitrogens is 3. The molecule has 9 heteroatoms. The molecular weight excluding hydrogens is 438 g/mol. The molecule has 1 fully saturated rings. The van der Waals surface area contributed by atoms with Crippen LogP contribution < -0.4 is 19.7 Å². The van der Waals surface area contributed by atoms with E-state index < -0.39 is 0 Å². The van der Waals surface area contributed by atoms with Crippen LogP contribution in [0.2, 0.25) is 0 Å². The van der Waals surface area contributed by atoms with Gasteiger partial charge in [-0.15, -0.1) is 10.2 Å². The fourth-order valence-electron chi connectivity index (χ4n) is 4.04. The summed E-state index contributed by atoms with van der Waals surface area (Å²) in [5.74, 6) is 2.24. The van der Waals surface area contributed by atoms with E-state index in [0.29, 0.717) is 17.5 Å². The number of amides is 1. The van der Waals surface area contributed by atoms with Crippen LogP contribution >= 0.6 is 11.8 Å². The highest BCUT2D eigenvalue weighted by molar-refractivity contribution is 8.00. The Balaban J connectivity index is 1.29. The van der Waals surface area contributed by atoms with Crippen LogP contribution in [0.4, 0.5) is 5.95 Å². The van der Waals surface area contributed by atoms with Crippen molar-refractivity contribution in [3.8, 4) is 17.2 Å². The lowest BCUT2D eigenvalue weighted by Crippen LogP contribution is -2.32. The number of anilines is 1. The summed E-state index contributed by atoms with van der Waals surface area (Å²) in [7, 11) is 0. The number of ether oxygens (including phenoxy) is 2. The molecule has 1 amide bonds. The van der Waals surface area contributed by atoms with Gasteiger partial charge in [0.1, 0.15) is 0 Å². The maximum Gasteiger partial charge on any atom is 0.233 e. The molecule has 0 saturated carbocycles. The zero-order chi connectivity index (χ0) is 22.6. The molecule has 3 aromatic rings. The molecule has 1 N–H and O–H groups in total. The molecule has 0 aliphatic carbocycles. The third-order valence-electron chi connectivity index (χ3n) is 5.82. The van der Waals surface area contributed by atoms with E-state index in [9.17, 15) is 4.79 Å². The van der Waals surface area contributed by atoms with Crippen molar-refractivity contribution in [2.45, 2.75) is 43.1 Å². The average Bonchev–Trinajstić information content (AvgIpc) is 3.50. The smallest absolute Gasteiger partial charge is 0.233 e. The van der Waals surface area contributed by atoms with Crippen molar-refractivity contribution >= 4 is 23.6 Å². The van der Waals surface area contributed by atoms with Gasteiger partial charge in [-0.1, -0.05) is 36.0 Å². The van der Waals surface area contributed by atoms with Crippen molar-refractivity contribution in [2.75, 3.05) is 24.8 Å². The van der Waals surface area contributed by atoms with E-state index in [1.54, 1.807) is 0 Å². The Morgan fingerprint density at radius 3 is 2.67 bits per heavy atom. The summed E-state index contributed by atoms with van der Waals surface area (Å²) < 4.78 is 12.8. The molecule has 8 nitrogen and oxygen atoms in total. The highest BCUT2D eigenvalue weighted by atomic mass is 32.2. The molecular formula is C24H27N5O3S. The van der Waals surface area contributed by atoms with Crippen LogP contribution in [0.1, 0.15) is 31.7 Å². The second-order valence-corrected chi connectivity index (χ2v) is 9.47.